The van der Waals surface area contributed by atoms with Gasteiger partial charge in [-0.2, -0.15) is 4.68 Å². The van der Waals surface area contributed by atoms with Crippen molar-refractivity contribution in [2.75, 3.05) is 0 Å². The molecular formula is C18H16ClN5O. The zero-order chi connectivity index (χ0) is 17.2. The molecule has 1 aliphatic rings. The van der Waals surface area contributed by atoms with Gasteiger partial charge in [-0.25, -0.2) is 0 Å². The SMILES string of the molecule is O=C(N[C@H](c1ccc(Cl)cc1)C1CC1)c1ccccc1-n1cnnn1. The predicted molar refractivity (Wildman–Crippen MR) is 93.5 cm³/mol. The fourth-order valence-corrected chi connectivity index (χ4v) is 3.06. The number of hydrogen-bond donors (Lipinski definition) is 1. The van der Waals surface area contributed by atoms with Gasteiger partial charge >= 0.3 is 0 Å². The summed E-state index contributed by atoms with van der Waals surface area (Å²) in [5, 5.41) is 15.0. The molecule has 1 N–H and O–H groups in total. The van der Waals surface area contributed by atoms with Crippen LogP contribution in [0, 0.1) is 5.92 Å². The average Bonchev–Trinajstić information content (AvgIpc) is 3.33. The van der Waals surface area contributed by atoms with Gasteiger partial charge in [0.15, 0.2) is 0 Å². The van der Waals surface area contributed by atoms with E-state index in [0.29, 0.717) is 22.2 Å². The molecule has 0 unspecified atom stereocenters. The largest absolute Gasteiger partial charge is 0.345 e. The summed E-state index contributed by atoms with van der Waals surface area (Å²) in [6.07, 6.45) is 3.70. The molecule has 1 amide bonds. The number of rotatable bonds is 5. The topological polar surface area (TPSA) is 72.7 Å². The number of nitrogens with one attached hydrogen (secondary N) is 1. The van der Waals surface area contributed by atoms with Crippen LogP contribution in [0.1, 0.15) is 34.8 Å². The third-order valence-electron chi connectivity index (χ3n) is 4.35. The molecule has 3 aromatic rings. The lowest BCUT2D eigenvalue weighted by atomic mass is 10.0. The Morgan fingerprint density at radius 2 is 1.92 bits per heavy atom. The fraction of sp³-hybridized carbons (Fsp3) is 0.222. The molecule has 0 spiro atoms. The van der Waals surface area contributed by atoms with E-state index in [1.807, 2.05) is 42.5 Å². The summed E-state index contributed by atoms with van der Waals surface area (Å²) in [4.78, 5) is 12.9. The number of nitrogens with zero attached hydrogens (tertiary/aromatic N) is 4. The van der Waals surface area contributed by atoms with Gasteiger partial charge in [-0.1, -0.05) is 35.9 Å². The first kappa shape index (κ1) is 15.8. The van der Waals surface area contributed by atoms with Crippen molar-refractivity contribution in [2.45, 2.75) is 18.9 Å². The van der Waals surface area contributed by atoms with Crippen LogP contribution in [0.2, 0.25) is 5.02 Å². The summed E-state index contributed by atoms with van der Waals surface area (Å²) < 4.78 is 1.49. The van der Waals surface area contributed by atoms with Gasteiger partial charge in [0, 0.05) is 5.02 Å². The lowest BCUT2D eigenvalue weighted by Gasteiger charge is -2.20. The van der Waals surface area contributed by atoms with Gasteiger partial charge < -0.3 is 5.32 Å². The highest BCUT2D eigenvalue weighted by Gasteiger charge is 2.34. The van der Waals surface area contributed by atoms with Crippen LogP contribution in [0.4, 0.5) is 0 Å². The first-order chi connectivity index (χ1) is 12.2. The van der Waals surface area contributed by atoms with E-state index in [1.165, 1.54) is 11.0 Å². The molecule has 1 aromatic heterocycles. The molecule has 7 heteroatoms. The molecule has 2 aromatic carbocycles. The quantitative estimate of drug-likeness (QED) is 0.764. The van der Waals surface area contributed by atoms with E-state index >= 15 is 0 Å². The number of aromatic nitrogens is 4. The van der Waals surface area contributed by atoms with E-state index in [-0.39, 0.29) is 11.9 Å². The lowest BCUT2D eigenvalue weighted by molar-refractivity contribution is 0.0931. The molecule has 1 fully saturated rings. The zero-order valence-electron chi connectivity index (χ0n) is 13.3. The minimum Gasteiger partial charge on any atom is -0.345 e. The average molecular weight is 354 g/mol. The maximum absolute atomic E-state index is 12.9. The van der Waals surface area contributed by atoms with Crippen LogP contribution in [0.5, 0.6) is 0 Å². The molecule has 1 heterocycles. The van der Waals surface area contributed by atoms with Crippen molar-refractivity contribution in [3.63, 3.8) is 0 Å². The van der Waals surface area contributed by atoms with Gasteiger partial charge in [0.2, 0.25) is 0 Å². The van der Waals surface area contributed by atoms with Crippen LogP contribution >= 0.6 is 11.6 Å². The van der Waals surface area contributed by atoms with Gasteiger partial charge in [-0.3, -0.25) is 4.79 Å². The maximum atomic E-state index is 12.9. The van der Waals surface area contributed by atoms with E-state index in [4.69, 9.17) is 11.6 Å². The number of carbonyl (C=O) groups is 1. The van der Waals surface area contributed by atoms with Gasteiger partial charge in [0.05, 0.1) is 17.3 Å². The number of amides is 1. The minimum atomic E-state index is -0.141. The summed E-state index contributed by atoms with van der Waals surface area (Å²) >= 11 is 5.98. The van der Waals surface area contributed by atoms with Crippen molar-refractivity contribution in [1.82, 2.24) is 25.5 Å². The summed E-state index contributed by atoms with van der Waals surface area (Å²) in [5.74, 6) is 0.322. The highest BCUT2D eigenvalue weighted by Crippen LogP contribution is 2.41. The Balaban J connectivity index is 1.62. The molecule has 4 rings (SSSR count). The van der Waals surface area contributed by atoms with Gasteiger partial charge in [-0.05, 0) is 59.0 Å². The van der Waals surface area contributed by atoms with E-state index in [1.54, 1.807) is 6.07 Å². The second-order valence-corrected chi connectivity index (χ2v) is 6.55. The monoisotopic (exact) mass is 353 g/mol. The van der Waals surface area contributed by atoms with Crippen LogP contribution in [-0.4, -0.2) is 26.1 Å². The van der Waals surface area contributed by atoms with Crippen LogP contribution < -0.4 is 5.32 Å². The van der Waals surface area contributed by atoms with Gasteiger partial charge in [-0.15, -0.1) is 5.10 Å². The number of tetrazole rings is 1. The van der Waals surface area contributed by atoms with Crippen molar-refractivity contribution in [2.24, 2.45) is 5.92 Å². The number of carbonyl (C=O) groups excluding carboxylic acids is 1. The molecule has 126 valence electrons. The van der Waals surface area contributed by atoms with Crippen LogP contribution in [0.25, 0.3) is 5.69 Å². The van der Waals surface area contributed by atoms with Crippen molar-refractivity contribution in [3.05, 3.63) is 71.0 Å². The Labute approximate surface area is 149 Å². The molecule has 6 nitrogen and oxygen atoms in total. The van der Waals surface area contributed by atoms with Gasteiger partial charge in [0.1, 0.15) is 6.33 Å². The molecule has 1 aliphatic carbocycles. The lowest BCUT2D eigenvalue weighted by Crippen LogP contribution is -2.30. The molecule has 0 aliphatic heterocycles. The zero-order valence-corrected chi connectivity index (χ0v) is 14.1. The van der Waals surface area contributed by atoms with Crippen molar-refractivity contribution >= 4 is 17.5 Å². The Bertz CT molecular complexity index is 875. The van der Waals surface area contributed by atoms with Crippen molar-refractivity contribution in [3.8, 4) is 5.69 Å². The third kappa shape index (κ3) is 3.39. The van der Waals surface area contributed by atoms with Crippen molar-refractivity contribution < 1.29 is 4.79 Å². The number of hydrogen-bond acceptors (Lipinski definition) is 4. The smallest absolute Gasteiger partial charge is 0.253 e. The van der Waals surface area contributed by atoms with Crippen LogP contribution in [0.15, 0.2) is 54.9 Å². The van der Waals surface area contributed by atoms with Gasteiger partial charge in [0.25, 0.3) is 5.91 Å². The normalized spacial score (nSPS) is 14.9. The first-order valence-electron chi connectivity index (χ1n) is 8.11. The maximum Gasteiger partial charge on any atom is 0.253 e. The molecular weight excluding hydrogens is 338 g/mol. The van der Waals surface area contributed by atoms with Crippen molar-refractivity contribution in [1.29, 1.82) is 0 Å². The number of benzene rings is 2. The highest BCUT2D eigenvalue weighted by atomic mass is 35.5. The number of halogens is 1. The summed E-state index contributed by atoms with van der Waals surface area (Å²) in [7, 11) is 0. The van der Waals surface area contributed by atoms with E-state index in [9.17, 15) is 4.79 Å². The summed E-state index contributed by atoms with van der Waals surface area (Å²) in [6.45, 7) is 0. The van der Waals surface area contributed by atoms with Crippen LogP contribution in [-0.2, 0) is 0 Å². The van der Waals surface area contributed by atoms with Crippen LogP contribution in [0.3, 0.4) is 0 Å². The third-order valence-corrected chi connectivity index (χ3v) is 4.61. The Kier molecular flexibility index (Phi) is 4.19. The van der Waals surface area contributed by atoms with E-state index in [0.717, 1.165) is 18.4 Å². The predicted octanol–water partition coefficient (Wildman–Crippen LogP) is 3.20. The minimum absolute atomic E-state index is 0.0216. The summed E-state index contributed by atoms with van der Waals surface area (Å²) in [5.41, 5.74) is 2.25. The molecule has 1 atom stereocenters. The standard InChI is InChI=1S/C18H16ClN5O/c19-14-9-7-13(8-10-14)17(12-5-6-12)21-18(25)15-3-1-2-4-16(15)24-11-20-22-23-24/h1-4,7-12,17H,5-6H2,(H,21,25)/t17-/m0/s1. The molecule has 0 radical (unpaired) electrons. The van der Waals surface area contributed by atoms with E-state index < -0.39 is 0 Å². The highest BCUT2D eigenvalue weighted by molar-refractivity contribution is 6.30. The second kappa shape index (κ2) is 6.64. The Hall–Kier alpha value is -2.73. The van der Waals surface area contributed by atoms with E-state index in [2.05, 4.69) is 20.8 Å². The first-order valence-corrected chi connectivity index (χ1v) is 8.49. The fourth-order valence-electron chi connectivity index (χ4n) is 2.93. The molecule has 25 heavy (non-hydrogen) atoms. The number of para-hydroxylation sites is 1. The Morgan fingerprint density at radius 3 is 2.60 bits per heavy atom. The summed E-state index contributed by atoms with van der Waals surface area (Å²) in [6, 6.07) is 14.9. The molecule has 1 saturated carbocycles. The Morgan fingerprint density at radius 1 is 1.16 bits per heavy atom. The second-order valence-electron chi connectivity index (χ2n) is 6.11. The molecule has 0 bridgehead atoms. The molecule has 0 saturated heterocycles.